The number of methoxy groups -OCH3 is 2. The first kappa shape index (κ1) is 45.8. The van der Waals surface area contributed by atoms with Gasteiger partial charge in [-0.05, 0) is 63.6 Å². The number of nitrogens with zero attached hydrogens (tertiary/aromatic N) is 3. The van der Waals surface area contributed by atoms with E-state index in [4.69, 9.17) is 9.47 Å². The average molecular weight is 744 g/mol. The molecule has 2 N–H and O–H groups in total. The second-order valence-electron chi connectivity index (χ2n) is 15.8. The molecule has 1 aromatic carbocycles. The molecule has 1 aliphatic rings. The first-order valence-corrected chi connectivity index (χ1v) is 19.3. The first-order valence-electron chi connectivity index (χ1n) is 19.3. The number of ketones is 1. The van der Waals surface area contributed by atoms with Crippen LogP contribution in [0.4, 0.5) is 0 Å². The fourth-order valence-corrected chi connectivity index (χ4v) is 7.86. The maximum atomic E-state index is 14.2. The third kappa shape index (κ3) is 12.3. The Balaban J connectivity index is 2.27. The number of benzene rings is 1. The SMILES string of the molecule is CC[C@H](C)C(C(CC(=O)N1CCC[C@H]1[C@H](OC)[C@@H](C)C(=O)N[C@@H](Cc1ccccc1)C(C)=O)OC)N(C)C(=O)[C@@H](NC(=O)[C@H](C(C)C)N(C)C)C(C)C. The average Bonchev–Trinajstić information content (AvgIpc) is 3.59. The highest BCUT2D eigenvalue weighted by Crippen LogP contribution is 2.30. The van der Waals surface area contributed by atoms with Gasteiger partial charge in [-0.3, -0.25) is 28.9 Å². The zero-order chi connectivity index (χ0) is 40.2. The van der Waals surface area contributed by atoms with Gasteiger partial charge in [-0.2, -0.15) is 0 Å². The van der Waals surface area contributed by atoms with Crippen molar-refractivity contribution in [2.75, 3.05) is 41.9 Å². The van der Waals surface area contributed by atoms with Crippen LogP contribution < -0.4 is 10.6 Å². The number of likely N-dealkylation sites (tertiary alicyclic amines) is 1. The van der Waals surface area contributed by atoms with Gasteiger partial charge in [-0.25, -0.2) is 0 Å². The molecule has 9 atom stereocenters. The zero-order valence-corrected chi connectivity index (χ0v) is 34.7. The quantitative estimate of drug-likeness (QED) is 0.193. The number of nitrogens with one attached hydrogen (secondary N) is 2. The van der Waals surface area contributed by atoms with Crippen LogP contribution >= 0.6 is 0 Å². The summed E-state index contributed by atoms with van der Waals surface area (Å²) < 4.78 is 11.9. The van der Waals surface area contributed by atoms with Gasteiger partial charge in [0.15, 0.2) is 5.78 Å². The maximum absolute atomic E-state index is 14.2. The lowest BCUT2D eigenvalue weighted by atomic mass is 9.89. The maximum Gasteiger partial charge on any atom is 0.245 e. The number of rotatable bonds is 21. The molecular formula is C41H69N5O7. The van der Waals surface area contributed by atoms with Crippen molar-refractivity contribution < 1.29 is 33.4 Å². The Kier molecular flexibility index (Phi) is 18.6. The predicted molar refractivity (Wildman–Crippen MR) is 208 cm³/mol. The Morgan fingerprint density at radius 2 is 1.51 bits per heavy atom. The van der Waals surface area contributed by atoms with Gasteiger partial charge >= 0.3 is 0 Å². The fraction of sp³-hybridized carbons (Fsp3) is 0.732. The molecular weight excluding hydrogens is 674 g/mol. The molecule has 0 radical (unpaired) electrons. The van der Waals surface area contributed by atoms with E-state index < -0.39 is 42.3 Å². The van der Waals surface area contributed by atoms with Crippen molar-refractivity contribution in [1.82, 2.24) is 25.3 Å². The second-order valence-corrected chi connectivity index (χ2v) is 15.8. The minimum absolute atomic E-state index is 0.0227. The van der Waals surface area contributed by atoms with Crippen LogP contribution in [0.25, 0.3) is 0 Å². The molecule has 12 heteroatoms. The molecule has 1 fully saturated rings. The molecule has 1 saturated heterocycles. The highest BCUT2D eigenvalue weighted by Gasteiger charge is 2.43. The van der Waals surface area contributed by atoms with Crippen LogP contribution in [0.5, 0.6) is 0 Å². The Hall–Kier alpha value is -3.35. The summed E-state index contributed by atoms with van der Waals surface area (Å²) in [6.45, 7) is 15.6. The molecule has 53 heavy (non-hydrogen) atoms. The second kappa shape index (κ2) is 21.5. The van der Waals surface area contributed by atoms with Gasteiger partial charge in [0.2, 0.25) is 23.6 Å². The summed E-state index contributed by atoms with van der Waals surface area (Å²) in [7, 11) is 8.55. The van der Waals surface area contributed by atoms with Crippen LogP contribution in [0.1, 0.15) is 86.6 Å². The Morgan fingerprint density at radius 1 is 0.887 bits per heavy atom. The summed E-state index contributed by atoms with van der Waals surface area (Å²) in [5.41, 5.74) is 0.945. The summed E-state index contributed by atoms with van der Waals surface area (Å²) in [4.78, 5) is 73.2. The van der Waals surface area contributed by atoms with Crippen molar-refractivity contribution in [2.24, 2.45) is 23.7 Å². The molecule has 2 unspecified atom stereocenters. The van der Waals surface area contributed by atoms with Crippen LogP contribution in [-0.4, -0.2) is 128 Å². The number of Topliss-reactive ketones (excluding diaryl/α,β-unsaturated/α-hetero) is 1. The van der Waals surface area contributed by atoms with Gasteiger partial charge < -0.3 is 29.9 Å². The van der Waals surface area contributed by atoms with Crippen molar-refractivity contribution in [2.45, 2.75) is 130 Å². The number of hydrogen-bond donors (Lipinski definition) is 2. The van der Waals surface area contributed by atoms with Gasteiger partial charge in [0.05, 0.1) is 48.7 Å². The van der Waals surface area contributed by atoms with Gasteiger partial charge in [-0.15, -0.1) is 0 Å². The van der Waals surface area contributed by atoms with Crippen LogP contribution in [-0.2, 0) is 39.9 Å². The molecule has 4 amide bonds. The Bertz CT molecular complexity index is 1330. The summed E-state index contributed by atoms with van der Waals surface area (Å²) in [6, 6.07) is 6.90. The van der Waals surface area contributed by atoms with Gasteiger partial charge in [-0.1, -0.05) is 85.2 Å². The number of hydrogen-bond acceptors (Lipinski definition) is 8. The monoisotopic (exact) mass is 744 g/mol. The van der Waals surface area contributed by atoms with E-state index in [1.54, 1.807) is 38.0 Å². The highest BCUT2D eigenvalue weighted by atomic mass is 16.5. The summed E-state index contributed by atoms with van der Waals surface area (Å²) >= 11 is 0. The largest absolute Gasteiger partial charge is 0.379 e. The van der Waals surface area contributed by atoms with Crippen molar-refractivity contribution in [3.63, 3.8) is 0 Å². The van der Waals surface area contributed by atoms with Crippen molar-refractivity contribution in [3.05, 3.63) is 35.9 Å². The van der Waals surface area contributed by atoms with E-state index >= 15 is 0 Å². The molecule has 0 spiro atoms. The van der Waals surface area contributed by atoms with E-state index in [9.17, 15) is 24.0 Å². The van der Waals surface area contributed by atoms with Crippen LogP contribution in [0.15, 0.2) is 30.3 Å². The molecule has 2 rings (SSSR count). The van der Waals surface area contributed by atoms with Crippen LogP contribution in [0, 0.1) is 23.7 Å². The van der Waals surface area contributed by atoms with Crippen molar-refractivity contribution in [3.8, 4) is 0 Å². The molecule has 0 aromatic heterocycles. The van der Waals surface area contributed by atoms with E-state index in [2.05, 4.69) is 10.6 Å². The summed E-state index contributed by atoms with van der Waals surface area (Å²) in [6.07, 6.45) is 1.32. The first-order chi connectivity index (χ1) is 24.9. The topological polar surface area (TPSA) is 138 Å². The normalized spacial score (nSPS) is 19.2. The molecule has 1 heterocycles. The number of carbonyl (C=O) groups excluding carboxylic acids is 5. The summed E-state index contributed by atoms with van der Waals surface area (Å²) in [5, 5.41) is 5.97. The number of carbonyl (C=O) groups is 5. The molecule has 1 aliphatic heterocycles. The van der Waals surface area contributed by atoms with E-state index in [0.29, 0.717) is 19.4 Å². The van der Waals surface area contributed by atoms with Gasteiger partial charge in [0, 0.05) is 27.8 Å². The smallest absolute Gasteiger partial charge is 0.245 e. The van der Waals surface area contributed by atoms with Crippen molar-refractivity contribution >= 4 is 29.4 Å². The predicted octanol–water partition coefficient (Wildman–Crippen LogP) is 3.95. The molecule has 0 bridgehead atoms. The van der Waals surface area contributed by atoms with Gasteiger partial charge in [0.1, 0.15) is 6.04 Å². The molecule has 12 nitrogen and oxygen atoms in total. The third-order valence-electron chi connectivity index (χ3n) is 11.0. The van der Waals surface area contributed by atoms with E-state index in [1.807, 2.05) is 90.9 Å². The highest BCUT2D eigenvalue weighted by molar-refractivity contribution is 5.90. The standard InChI is InChI=1S/C41H69N5O7/c1-14-27(6)37(45(11)41(51)35(25(2)3)43-40(50)36(26(4)5)44(9)10)33(52-12)24-34(48)46-22-18-21-32(46)38(53-13)28(7)39(49)42-31(29(8)47)23-30-19-16-15-17-20-30/h15-17,19-20,25-28,31-33,35-38H,14,18,21-24H2,1-13H3,(H,42,49)(H,43,50)/t27-,28+,31-,32-,33?,35-,36-,37?,38+/m0/s1. The number of amides is 4. The zero-order valence-electron chi connectivity index (χ0n) is 34.7. The van der Waals surface area contributed by atoms with Gasteiger partial charge in [0.25, 0.3) is 0 Å². The molecule has 0 saturated carbocycles. The third-order valence-corrected chi connectivity index (χ3v) is 11.0. The molecule has 0 aliphatic carbocycles. The molecule has 1 aromatic rings. The Labute approximate surface area is 319 Å². The minimum atomic E-state index is -0.762. The van der Waals surface area contributed by atoms with Crippen molar-refractivity contribution in [1.29, 1.82) is 0 Å². The number of likely N-dealkylation sites (N-methyl/N-ethyl adjacent to an activating group) is 2. The lowest BCUT2D eigenvalue weighted by molar-refractivity contribution is -0.148. The fourth-order valence-electron chi connectivity index (χ4n) is 7.86. The Morgan fingerprint density at radius 3 is 2.00 bits per heavy atom. The lowest BCUT2D eigenvalue weighted by Gasteiger charge is -2.41. The molecule has 300 valence electrons. The van der Waals surface area contributed by atoms with E-state index in [0.717, 1.165) is 18.4 Å². The van der Waals surface area contributed by atoms with Crippen LogP contribution in [0.3, 0.4) is 0 Å². The van der Waals surface area contributed by atoms with Crippen LogP contribution in [0.2, 0.25) is 0 Å². The van der Waals surface area contributed by atoms with E-state index in [1.165, 1.54) is 6.92 Å². The summed E-state index contributed by atoms with van der Waals surface area (Å²) in [5.74, 6) is -1.82. The lowest BCUT2D eigenvalue weighted by Crippen LogP contribution is -2.59. The minimum Gasteiger partial charge on any atom is -0.379 e. The van der Waals surface area contributed by atoms with E-state index in [-0.39, 0.29) is 59.6 Å². The number of ether oxygens (including phenoxy) is 2.